The number of ether oxygens (including phenoxy) is 1. The average Bonchev–Trinajstić information content (AvgIpc) is 2.68. The molecule has 140 valence electrons. The molecular weight excluding hydrogens is 403 g/mol. The van der Waals surface area contributed by atoms with Crippen LogP contribution in [-0.2, 0) is 6.61 Å². The maximum atomic E-state index is 8.92. The van der Waals surface area contributed by atoms with E-state index in [-0.39, 0.29) is 13.2 Å². The SMILES string of the molecule is OCCCC(=S)Nc1ccc(Cl)c(COc2cccc3cnccc23)c1Cl. The van der Waals surface area contributed by atoms with E-state index in [1.54, 1.807) is 24.5 Å². The fourth-order valence-corrected chi connectivity index (χ4v) is 3.43. The molecule has 0 amide bonds. The van der Waals surface area contributed by atoms with E-state index in [0.717, 1.165) is 16.5 Å². The lowest BCUT2D eigenvalue weighted by molar-refractivity contribution is 0.291. The summed E-state index contributed by atoms with van der Waals surface area (Å²) in [5.74, 6) is 0.735. The molecule has 0 spiro atoms. The van der Waals surface area contributed by atoms with E-state index in [0.29, 0.717) is 39.1 Å². The predicted molar refractivity (Wildman–Crippen MR) is 115 cm³/mol. The molecule has 0 bridgehead atoms. The minimum Gasteiger partial charge on any atom is -0.488 e. The number of benzene rings is 2. The molecule has 2 N–H and O–H groups in total. The van der Waals surface area contributed by atoms with Gasteiger partial charge in [0.1, 0.15) is 12.4 Å². The monoisotopic (exact) mass is 420 g/mol. The van der Waals surface area contributed by atoms with Crippen LogP contribution < -0.4 is 10.1 Å². The van der Waals surface area contributed by atoms with Crippen LogP contribution in [0.2, 0.25) is 10.0 Å². The number of hydrogen-bond acceptors (Lipinski definition) is 4. The normalized spacial score (nSPS) is 10.8. The number of aromatic nitrogens is 1. The fourth-order valence-electron chi connectivity index (χ4n) is 2.65. The number of pyridine rings is 1. The number of fused-ring (bicyclic) bond motifs is 1. The summed E-state index contributed by atoms with van der Waals surface area (Å²) in [7, 11) is 0. The number of hydrogen-bond donors (Lipinski definition) is 2. The molecule has 2 aromatic carbocycles. The van der Waals surface area contributed by atoms with E-state index in [1.807, 2.05) is 24.3 Å². The second-order valence-electron chi connectivity index (χ2n) is 5.90. The first-order valence-corrected chi connectivity index (χ1v) is 9.59. The van der Waals surface area contributed by atoms with Crippen LogP contribution in [0.5, 0.6) is 5.75 Å². The van der Waals surface area contributed by atoms with Gasteiger partial charge in [0.15, 0.2) is 0 Å². The molecule has 0 aliphatic rings. The Balaban J connectivity index is 1.80. The Morgan fingerprint density at radius 3 is 2.85 bits per heavy atom. The van der Waals surface area contributed by atoms with Crippen LogP contribution in [0, 0.1) is 0 Å². The van der Waals surface area contributed by atoms with E-state index in [4.69, 9.17) is 45.3 Å². The lowest BCUT2D eigenvalue weighted by Gasteiger charge is -2.15. The highest BCUT2D eigenvalue weighted by atomic mass is 35.5. The average molecular weight is 421 g/mol. The van der Waals surface area contributed by atoms with Gasteiger partial charge in [0.25, 0.3) is 0 Å². The Hall–Kier alpha value is -1.92. The van der Waals surface area contributed by atoms with Crippen molar-refractivity contribution in [3.63, 3.8) is 0 Å². The van der Waals surface area contributed by atoms with Gasteiger partial charge in [-0.2, -0.15) is 0 Å². The largest absolute Gasteiger partial charge is 0.488 e. The highest BCUT2D eigenvalue weighted by molar-refractivity contribution is 7.80. The van der Waals surface area contributed by atoms with Gasteiger partial charge in [-0.25, -0.2) is 0 Å². The lowest BCUT2D eigenvalue weighted by atomic mass is 10.1. The standard InChI is InChI=1S/C20H18Cl2N2O2S/c21-16-6-7-17(24-19(27)5-2-10-25)20(22)15(16)12-26-18-4-1-3-13-11-23-9-8-14(13)18/h1,3-4,6-9,11,25H,2,5,10,12H2,(H,24,27). The molecule has 0 unspecified atom stereocenters. The number of nitrogens with zero attached hydrogens (tertiary/aromatic N) is 1. The van der Waals surface area contributed by atoms with Crippen molar-refractivity contribution in [3.05, 3.63) is 64.4 Å². The molecule has 0 atom stereocenters. The molecule has 0 saturated carbocycles. The number of thiocarbonyl (C=S) groups is 1. The number of aliphatic hydroxyl groups excluding tert-OH is 1. The Kier molecular flexibility index (Phi) is 6.85. The van der Waals surface area contributed by atoms with Gasteiger partial charge in [-0.1, -0.05) is 47.6 Å². The molecule has 0 saturated heterocycles. The summed E-state index contributed by atoms with van der Waals surface area (Å²) in [5, 5.41) is 15.0. The van der Waals surface area contributed by atoms with E-state index in [9.17, 15) is 0 Å². The Morgan fingerprint density at radius 1 is 1.19 bits per heavy atom. The molecule has 0 aliphatic carbocycles. The van der Waals surface area contributed by atoms with E-state index in [1.165, 1.54) is 0 Å². The lowest BCUT2D eigenvalue weighted by Crippen LogP contribution is -2.11. The molecule has 27 heavy (non-hydrogen) atoms. The summed E-state index contributed by atoms with van der Waals surface area (Å²) in [6, 6.07) is 11.2. The minimum atomic E-state index is 0.0931. The van der Waals surface area contributed by atoms with Gasteiger partial charge < -0.3 is 15.2 Å². The first-order valence-electron chi connectivity index (χ1n) is 8.43. The minimum absolute atomic E-state index is 0.0931. The third kappa shape index (κ3) is 4.87. The first kappa shape index (κ1) is 19.8. The molecular formula is C20H18Cl2N2O2S. The van der Waals surface area contributed by atoms with Crippen molar-refractivity contribution >= 4 is 56.9 Å². The summed E-state index contributed by atoms with van der Waals surface area (Å²) >= 11 is 18.1. The van der Waals surface area contributed by atoms with Gasteiger partial charge in [0, 0.05) is 46.8 Å². The molecule has 3 aromatic rings. The maximum Gasteiger partial charge on any atom is 0.127 e. The van der Waals surface area contributed by atoms with E-state index < -0.39 is 0 Å². The van der Waals surface area contributed by atoms with Gasteiger partial charge >= 0.3 is 0 Å². The van der Waals surface area contributed by atoms with E-state index in [2.05, 4.69) is 10.3 Å². The summed E-state index contributed by atoms with van der Waals surface area (Å²) < 4.78 is 6.00. The highest BCUT2D eigenvalue weighted by Crippen LogP contribution is 2.34. The van der Waals surface area contributed by atoms with Gasteiger partial charge in [0.2, 0.25) is 0 Å². The van der Waals surface area contributed by atoms with Crippen molar-refractivity contribution in [3.8, 4) is 5.75 Å². The molecule has 0 aliphatic heterocycles. The third-order valence-corrected chi connectivity index (χ3v) is 5.13. The number of rotatable bonds is 7. The quantitative estimate of drug-likeness (QED) is 0.484. The van der Waals surface area contributed by atoms with Gasteiger partial charge in [-0.3, -0.25) is 4.98 Å². The molecule has 3 rings (SSSR count). The number of halogens is 2. The van der Waals surface area contributed by atoms with Gasteiger partial charge in [-0.15, -0.1) is 0 Å². The third-order valence-electron chi connectivity index (χ3n) is 4.03. The Morgan fingerprint density at radius 2 is 2.04 bits per heavy atom. The Bertz CT molecular complexity index is 961. The maximum absolute atomic E-state index is 8.92. The summed E-state index contributed by atoms with van der Waals surface area (Å²) in [6.45, 7) is 0.313. The van der Waals surface area contributed by atoms with Crippen LogP contribution in [0.15, 0.2) is 48.8 Å². The fraction of sp³-hybridized carbons (Fsp3) is 0.200. The zero-order valence-corrected chi connectivity index (χ0v) is 16.7. The number of aliphatic hydroxyl groups is 1. The summed E-state index contributed by atoms with van der Waals surface area (Å²) in [5.41, 5.74) is 1.35. The molecule has 4 nitrogen and oxygen atoms in total. The molecule has 1 heterocycles. The zero-order chi connectivity index (χ0) is 19.2. The van der Waals surface area contributed by atoms with Crippen LogP contribution in [0.1, 0.15) is 18.4 Å². The van der Waals surface area contributed by atoms with Crippen LogP contribution in [0.4, 0.5) is 5.69 Å². The second-order valence-corrected chi connectivity index (χ2v) is 7.18. The zero-order valence-electron chi connectivity index (χ0n) is 14.4. The van der Waals surface area contributed by atoms with Crippen molar-refractivity contribution in [1.29, 1.82) is 0 Å². The van der Waals surface area contributed by atoms with Crippen LogP contribution in [0.25, 0.3) is 10.8 Å². The van der Waals surface area contributed by atoms with E-state index >= 15 is 0 Å². The highest BCUT2D eigenvalue weighted by Gasteiger charge is 2.13. The molecule has 7 heteroatoms. The number of nitrogens with one attached hydrogen (secondary N) is 1. The molecule has 0 radical (unpaired) electrons. The second kappa shape index (κ2) is 9.33. The van der Waals surface area contributed by atoms with Crippen molar-refractivity contribution in [2.24, 2.45) is 0 Å². The predicted octanol–water partition coefficient (Wildman–Crippen LogP) is 5.63. The van der Waals surface area contributed by atoms with Crippen molar-refractivity contribution < 1.29 is 9.84 Å². The Labute approximate surface area is 173 Å². The summed E-state index contributed by atoms with van der Waals surface area (Å²) in [4.78, 5) is 4.74. The van der Waals surface area contributed by atoms with Crippen LogP contribution in [-0.4, -0.2) is 21.7 Å². The molecule has 1 aromatic heterocycles. The summed E-state index contributed by atoms with van der Waals surface area (Å²) in [6.07, 6.45) is 4.71. The first-order chi connectivity index (χ1) is 13.1. The number of anilines is 1. The van der Waals surface area contributed by atoms with Crippen molar-refractivity contribution in [2.75, 3.05) is 11.9 Å². The smallest absolute Gasteiger partial charge is 0.127 e. The van der Waals surface area contributed by atoms with Crippen molar-refractivity contribution in [2.45, 2.75) is 19.4 Å². The van der Waals surface area contributed by atoms with Crippen LogP contribution >= 0.6 is 35.4 Å². The van der Waals surface area contributed by atoms with Crippen LogP contribution in [0.3, 0.4) is 0 Å². The van der Waals surface area contributed by atoms with Gasteiger partial charge in [0.05, 0.1) is 15.7 Å². The molecule has 0 fully saturated rings. The van der Waals surface area contributed by atoms with Crippen molar-refractivity contribution in [1.82, 2.24) is 4.98 Å². The van der Waals surface area contributed by atoms with Gasteiger partial charge in [-0.05, 0) is 30.7 Å². The topological polar surface area (TPSA) is 54.4 Å².